The van der Waals surface area contributed by atoms with Crippen LogP contribution in [-0.2, 0) is 13.0 Å². The Morgan fingerprint density at radius 1 is 1.32 bits per heavy atom. The van der Waals surface area contributed by atoms with Gasteiger partial charge in [0.15, 0.2) is 5.75 Å². The summed E-state index contributed by atoms with van der Waals surface area (Å²) in [6.45, 7) is 2.85. The first-order chi connectivity index (χ1) is 9.26. The fraction of sp³-hybridized carbons (Fsp3) is 0.400. The van der Waals surface area contributed by atoms with Crippen molar-refractivity contribution in [1.29, 1.82) is 0 Å². The number of ether oxygens (including phenoxy) is 1. The lowest BCUT2D eigenvalue weighted by Crippen LogP contribution is -2.06. The number of aliphatic hydroxyl groups excluding tert-OH is 1. The Morgan fingerprint density at radius 2 is 2.05 bits per heavy atom. The summed E-state index contributed by atoms with van der Waals surface area (Å²) >= 11 is 0. The number of benzene rings is 1. The Kier molecular flexibility index (Phi) is 4.58. The van der Waals surface area contributed by atoms with Gasteiger partial charge >= 0.3 is 0 Å². The lowest BCUT2D eigenvalue weighted by molar-refractivity contribution is 0.166. The van der Waals surface area contributed by atoms with E-state index in [0.29, 0.717) is 6.42 Å². The number of aryl methyl sites for hydroxylation is 1. The first-order valence-corrected chi connectivity index (χ1v) is 6.58. The van der Waals surface area contributed by atoms with Gasteiger partial charge in [-0.1, -0.05) is 30.3 Å². The molecule has 0 saturated carbocycles. The number of nitrogens with zero attached hydrogens (tertiary/aromatic N) is 2. The molecule has 0 amide bonds. The normalized spacial score (nSPS) is 12.4. The number of aliphatic hydroxyl groups is 1. The smallest absolute Gasteiger partial charge is 0.159 e. The Morgan fingerprint density at radius 3 is 2.68 bits per heavy atom. The molecule has 0 aliphatic carbocycles. The van der Waals surface area contributed by atoms with Crippen molar-refractivity contribution in [3.8, 4) is 5.75 Å². The third-order valence-electron chi connectivity index (χ3n) is 3.27. The van der Waals surface area contributed by atoms with Crippen molar-refractivity contribution in [2.75, 3.05) is 7.11 Å². The minimum absolute atomic E-state index is 0.453. The van der Waals surface area contributed by atoms with Gasteiger partial charge in [-0.2, -0.15) is 5.10 Å². The molecule has 19 heavy (non-hydrogen) atoms. The predicted molar refractivity (Wildman–Crippen MR) is 74.2 cm³/mol. The molecule has 4 nitrogen and oxygen atoms in total. The van der Waals surface area contributed by atoms with Gasteiger partial charge in [-0.25, -0.2) is 0 Å². The van der Waals surface area contributed by atoms with E-state index in [1.54, 1.807) is 13.3 Å². The molecule has 2 rings (SSSR count). The molecule has 0 aliphatic heterocycles. The van der Waals surface area contributed by atoms with Gasteiger partial charge in [0.25, 0.3) is 0 Å². The van der Waals surface area contributed by atoms with Crippen LogP contribution < -0.4 is 4.74 Å². The van der Waals surface area contributed by atoms with E-state index in [0.717, 1.165) is 30.0 Å². The number of aromatic nitrogens is 2. The molecule has 2 aromatic rings. The molecule has 0 fully saturated rings. The minimum Gasteiger partial charge on any atom is -0.493 e. The zero-order valence-corrected chi connectivity index (χ0v) is 11.4. The van der Waals surface area contributed by atoms with Crippen molar-refractivity contribution in [3.63, 3.8) is 0 Å². The molecule has 0 saturated heterocycles. The third kappa shape index (κ3) is 3.15. The van der Waals surface area contributed by atoms with E-state index < -0.39 is 6.10 Å². The van der Waals surface area contributed by atoms with Gasteiger partial charge in [0.1, 0.15) is 0 Å². The quantitative estimate of drug-likeness (QED) is 0.868. The van der Waals surface area contributed by atoms with Gasteiger partial charge in [0.2, 0.25) is 0 Å². The maximum absolute atomic E-state index is 10.2. The van der Waals surface area contributed by atoms with E-state index in [2.05, 4.69) is 5.10 Å². The summed E-state index contributed by atoms with van der Waals surface area (Å²) in [5, 5.41) is 14.4. The van der Waals surface area contributed by atoms with E-state index in [1.807, 2.05) is 41.9 Å². The van der Waals surface area contributed by atoms with Crippen LogP contribution in [0.5, 0.6) is 5.75 Å². The van der Waals surface area contributed by atoms with Crippen molar-refractivity contribution in [2.45, 2.75) is 32.4 Å². The van der Waals surface area contributed by atoms with E-state index in [1.165, 1.54) is 0 Å². The fourth-order valence-electron chi connectivity index (χ4n) is 2.20. The number of hydrogen-bond donors (Lipinski definition) is 1. The summed E-state index contributed by atoms with van der Waals surface area (Å²) in [6, 6.07) is 9.72. The van der Waals surface area contributed by atoms with Crippen LogP contribution in [-0.4, -0.2) is 22.0 Å². The molecule has 0 spiro atoms. The molecular formula is C15H20N2O2. The summed E-state index contributed by atoms with van der Waals surface area (Å²) in [5.41, 5.74) is 1.99. The summed E-state index contributed by atoms with van der Waals surface area (Å²) in [5.74, 6) is 0.794. The Balaban J connectivity index is 2.04. The molecule has 1 heterocycles. The van der Waals surface area contributed by atoms with Crippen molar-refractivity contribution in [2.24, 2.45) is 0 Å². The van der Waals surface area contributed by atoms with Crippen molar-refractivity contribution in [1.82, 2.24) is 9.78 Å². The summed E-state index contributed by atoms with van der Waals surface area (Å²) in [4.78, 5) is 0. The van der Waals surface area contributed by atoms with Crippen molar-refractivity contribution in [3.05, 3.63) is 47.8 Å². The van der Waals surface area contributed by atoms with Crippen LogP contribution in [0, 0.1) is 0 Å². The molecule has 0 radical (unpaired) electrons. The molecule has 0 bridgehead atoms. The van der Waals surface area contributed by atoms with Gasteiger partial charge < -0.3 is 9.84 Å². The SMILES string of the molecule is CCn1ncc(OC)c1CCC(O)c1ccccc1. The molecule has 1 unspecified atom stereocenters. The highest BCUT2D eigenvalue weighted by Crippen LogP contribution is 2.23. The Labute approximate surface area is 113 Å². The minimum atomic E-state index is -0.453. The maximum Gasteiger partial charge on any atom is 0.159 e. The van der Waals surface area contributed by atoms with Gasteiger partial charge in [-0.15, -0.1) is 0 Å². The molecule has 102 valence electrons. The monoisotopic (exact) mass is 260 g/mol. The first-order valence-electron chi connectivity index (χ1n) is 6.58. The zero-order chi connectivity index (χ0) is 13.7. The van der Waals surface area contributed by atoms with E-state index >= 15 is 0 Å². The Bertz CT molecular complexity index is 487. The molecule has 0 aliphatic rings. The molecule has 1 aromatic carbocycles. The van der Waals surface area contributed by atoms with Crippen LogP contribution in [0.2, 0.25) is 0 Å². The number of methoxy groups -OCH3 is 1. The van der Waals surface area contributed by atoms with Gasteiger partial charge in [0.05, 0.1) is 25.1 Å². The average Bonchev–Trinajstić information content (AvgIpc) is 2.87. The van der Waals surface area contributed by atoms with Crippen LogP contribution in [0.4, 0.5) is 0 Å². The lowest BCUT2D eigenvalue weighted by Gasteiger charge is -2.12. The number of hydrogen-bond acceptors (Lipinski definition) is 3. The second-order valence-electron chi connectivity index (χ2n) is 4.44. The van der Waals surface area contributed by atoms with Gasteiger partial charge in [0, 0.05) is 6.54 Å². The van der Waals surface area contributed by atoms with Crippen LogP contribution in [0.25, 0.3) is 0 Å². The van der Waals surface area contributed by atoms with E-state index in [9.17, 15) is 5.11 Å². The van der Waals surface area contributed by atoms with Crippen LogP contribution in [0.3, 0.4) is 0 Å². The lowest BCUT2D eigenvalue weighted by atomic mass is 10.0. The largest absolute Gasteiger partial charge is 0.493 e. The van der Waals surface area contributed by atoms with Crippen molar-refractivity contribution >= 4 is 0 Å². The summed E-state index contributed by atoms with van der Waals surface area (Å²) in [6.07, 6.45) is 2.68. The van der Waals surface area contributed by atoms with Crippen molar-refractivity contribution < 1.29 is 9.84 Å². The maximum atomic E-state index is 10.2. The fourth-order valence-corrected chi connectivity index (χ4v) is 2.20. The summed E-state index contributed by atoms with van der Waals surface area (Å²) in [7, 11) is 1.65. The second-order valence-corrected chi connectivity index (χ2v) is 4.44. The van der Waals surface area contributed by atoms with E-state index in [4.69, 9.17) is 4.74 Å². The summed E-state index contributed by atoms with van der Waals surface area (Å²) < 4.78 is 7.21. The highest BCUT2D eigenvalue weighted by Gasteiger charge is 2.13. The van der Waals surface area contributed by atoms with Gasteiger partial charge in [-0.05, 0) is 25.3 Å². The first kappa shape index (κ1) is 13.6. The zero-order valence-electron chi connectivity index (χ0n) is 11.4. The average molecular weight is 260 g/mol. The standard InChI is InChI=1S/C15H20N2O2/c1-3-17-13(15(19-2)11-16-17)9-10-14(18)12-7-5-4-6-8-12/h4-8,11,14,18H,3,9-10H2,1-2H3. The molecule has 1 atom stereocenters. The highest BCUT2D eigenvalue weighted by molar-refractivity contribution is 5.26. The highest BCUT2D eigenvalue weighted by atomic mass is 16.5. The van der Waals surface area contributed by atoms with E-state index in [-0.39, 0.29) is 0 Å². The van der Waals surface area contributed by atoms with Gasteiger partial charge in [-0.3, -0.25) is 4.68 Å². The topological polar surface area (TPSA) is 47.3 Å². The molecule has 4 heteroatoms. The third-order valence-corrected chi connectivity index (χ3v) is 3.27. The van der Waals surface area contributed by atoms with Crippen LogP contribution in [0.1, 0.15) is 30.7 Å². The molecular weight excluding hydrogens is 240 g/mol. The second kappa shape index (κ2) is 6.38. The molecule has 1 aromatic heterocycles. The predicted octanol–water partition coefficient (Wildman–Crippen LogP) is 2.58. The van der Waals surface area contributed by atoms with Crippen LogP contribution in [0.15, 0.2) is 36.5 Å². The molecule has 1 N–H and O–H groups in total. The van der Waals surface area contributed by atoms with Crippen LogP contribution >= 0.6 is 0 Å². The Hall–Kier alpha value is -1.81. The number of rotatable bonds is 6.